The SMILES string of the molecule is CCC[C@@H]1CN(S(=O)(=O)c2ccc(-c3ccn[nH]3)o2)C[C@H]1N. The van der Waals surface area contributed by atoms with Crippen molar-refractivity contribution >= 4 is 10.0 Å². The van der Waals surface area contributed by atoms with E-state index in [2.05, 4.69) is 17.1 Å². The normalized spacial score (nSPS) is 23.2. The molecule has 3 N–H and O–H groups in total. The summed E-state index contributed by atoms with van der Waals surface area (Å²) in [5.74, 6) is 0.659. The average Bonchev–Trinajstić information content (AvgIpc) is 3.18. The Bertz CT molecular complexity index is 723. The van der Waals surface area contributed by atoms with Crippen LogP contribution in [0.4, 0.5) is 0 Å². The number of furan rings is 1. The molecule has 0 unspecified atom stereocenters. The first-order valence-corrected chi connectivity index (χ1v) is 8.81. The minimum atomic E-state index is -3.64. The van der Waals surface area contributed by atoms with Crippen LogP contribution in [0, 0.1) is 5.92 Å². The molecule has 1 aliphatic heterocycles. The zero-order valence-electron chi connectivity index (χ0n) is 12.4. The number of H-pyrrole nitrogens is 1. The van der Waals surface area contributed by atoms with Crippen LogP contribution < -0.4 is 5.73 Å². The van der Waals surface area contributed by atoms with Gasteiger partial charge in [0.2, 0.25) is 5.09 Å². The number of nitrogens with one attached hydrogen (secondary N) is 1. The fourth-order valence-corrected chi connectivity index (χ4v) is 4.30. The van der Waals surface area contributed by atoms with Crippen molar-refractivity contribution in [2.24, 2.45) is 11.7 Å². The molecule has 3 heterocycles. The van der Waals surface area contributed by atoms with Gasteiger partial charge in [0.1, 0.15) is 5.69 Å². The molecule has 22 heavy (non-hydrogen) atoms. The van der Waals surface area contributed by atoms with Gasteiger partial charge in [0, 0.05) is 25.3 Å². The van der Waals surface area contributed by atoms with Crippen LogP contribution in [0.1, 0.15) is 19.8 Å². The van der Waals surface area contributed by atoms with Crippen molar-refractivity contribution in [3.63, 3.8) is 0 Å². The Morgan fingerprint density at radius 3 is 2.91 bits per heavy atom. The van der Waals surface area contributed by atoms with Crippen LogP contribution in [-0.2, 0) is 10.0 Å². The van der Waals surface area contributed by atoms with Gasteiger partial charge in [0.05, 0.1) is 0 Å². The first-order chi connectivity index (χ1) is 10.5. The van der Waals surface area contributed by atoms with Crippen LogP contribution in [-0.4, -0.2) is 42.1 Å². The molecule has 0 spiro atoms. The van der Waals surface area contributed by atoms with E-state index in [1.54, 1.807) is 18.3 Å². The molecular weight excluding hydrogens is 304 g/mol. The monoisotopic (exact) mass is 324 g/mol. The highest BCUT2D eigenvalue weighted by Crippen LogP contribution is 2.29. The summed E-state index contributed by atoms with van der Waals surface area (Å²) in [4.78, 5) is 0. The summed E-state index contributed by atoms with van der Waals surface area (Å²) in [5.41, 5.74) is 6.70. The van der Waals surface area contributed by atoms with Gasteiger partial charge in [-0.05, 0) is 30.5 Å². The van der Waals surface area contributed by atoms with E-state index < -0.39 is 10.0 Å². The van der Waals surface area contributed by atoms with Crippen molar-refractivity contribution < 1.29 is 12.8 Å². The summed E-state index contributed by atoms with van der Waals surface area (Å²) < 4.78 is 32.2. The molecule has 1 aliphatic rings. The highest BCUT2D eigenvalue weighted by atomic mass is 32.2. The Hall–Kier alpha value is -1.64. The van der Waals surface area contributed by atoms with Gasteiger partial charge in [-0.3, -0.25) is 5.10 Å². The fraction of sp³-hybridized carbons (Fsp3) is 0.500. The van der Waals surface area contributed by atoms with Crippen LogP contribution in [0.25, 0.3) is 11.5 Å². The first kappa shape index (κ1) is 15.3. The summed E-state index contributed by atoms with van der Waals surface area (Å²) in [6.07, 6.45) is 3.52. The lowest BCUT2D eigenvalue weighted by Gasteiger charge is -2.14. The van der Waals surface area contributed by atoms with Crippen LogP contribution in [0.3, 0.4) is 0 Å². The molecule has 2 atom stereocenters. The Morgan fingerprint density at radius 1 is 1.41 bits per heavy atom. The molecule has 0 bridgehead atoms. The molecule has 0 amide bonds. The van der Waals surface area contributed by atoms with Crippen molar-refractivity contribution in [1.29, 1.82) is 0 Å². The van der Waals surface area contributed by atoms with E-state index in [0.29, 0.717) is 24.5 Å². The van der Waals surface area contributed by atoms with Gasteiger partial charge in [-0.2, -0.15) is 9.40 Å². The number of aromatic nitrogens is 2. The second-order valence-corrected chi connectivity index (χ2v) is 7.49. The molecule has 0 saturated carbocycles. The van der Waals surface area contributed by atoms with Crippen molar-refractivity contribution in [3.8, 4) is 11.5 Å². The molecule has 0 radical (unpaired) electrons. The second kappa shape index (κ2) is 5.86. The minimum absolute atomic E-state index is 0.0542. The predicted octanol–water partition coefficient (Wildman–Crippen LogP) is 1.42. The highest BCUT2D eigenvalue weighted by molar-refractivity contribution is 7.89. The summed E-state index contributed by atoms with van der Waals surface area (Å²) in [6.45, 7) is 2.87. The molecule has 1 saturated heterocycles. The Labute approximate surface area is 129 Å². The van der Waals surface area contributed by atoms with E-state index in [4.69, 9.17) is 10.2 Å². The van der Waals surface area contributed by atoms with E-state index in [1.165, 1.54) is 10.4 Å². The number of rotatable bonds is 5. The fourth-order valence-electron chi connectivity index (χ4n) is 2.85. The van der Waals surface area contributed by atoms with E-state index in [1.807, 2.05) is 0 Å². The average molecular weight is 324 g/mol. The summed E-state index contributed by atoms with van der Waals surface area (Å²) in [6, 6.07) is 4.71. The molecule has 120 valence electrons. The molecule has 8 heteroatoms. The van der Waals surface area contributed by atoms with Crippen molar-refractivity contribution in [2.75, 3.05) is 13.1 Å². The van der Waals surface area contributed by atoms with E-state index in [0.717, 1.165) is 12.8 Å². The lowest BCUT2D eigenvalue weighted by Crippen LogP contribution is -2.32. The molecule has 0 aliphatic carbocycles. The zero-order chi connectivity index (χ0) is 15.7. The second-order valence-electron chi connectivity index (χ2n) is 5.62. The van der Waals surface area contributed by atoms with E-state index in [-0.39, 0.29) is 17.1 Å². The molecular formula is C14H20N4O3S. The van der Waals surface area contributed by atoms with Gasteiger partial charge in [0.25, 0.3) is 10.0 Å². The molecule has 2 aromatic rings. The van der Waals surface area contributed by atoms with Gasteiger partial charge < -0.3 is 10.2 Å². The number of hydrogen-bond donors (Lipinski definition) is 2. The van der Waals surface area contributed by atoms with Crippen molar-refractivity contribution in [2.45, 2.75) is 30.9 Å². The molecule has 1 fully saturated rings. The standard InChI is InChI=1S/C14H20N4O3S/c1-2-3-10-8-18(9-11(10)15)22(19,20)14-5-4-13(21-14)12-6-7-16-17-12/h4-7,10-11H,2-3,8-9,15H2,1H3,(H,16,17)/t10-,11-/m1/s1. The van der Waals surface area contributed by atoms with Crippen molar-refractivity contribution in [3.05, 3.63) is 24.4 Å². The maximum Gasteiger partial charge on any atom is 0.276 e. The Balaban J connectivity index is 1.82. The van der Waals surface area contributed by atoms with Crippen LogP contribution >= 0.6 is 0 Å². The number of hydrogen-bond acceptors (Lipinski definition) is 5. The Kier molecular flexibility index (Phi) is 4.07. The lowest BCUT2D eigenvalue weighted by molar-refractivity contribution is 0.405. The van der Waals surface area contributed by atoms with Crippen LogP contribution in [0.5, 0.6) is 0 Å². The highest BCUT2D eigenvalue weighted by Gasteiger charge is 2.38. The number of sulfonamides is 1. The number of aromatic amines is 1. The molecule has 2 aromatic heterocycles. The third-order valence-corrected chi connectivity index (χ3v) is 5.77. The van der Waals surface area contributed by atoms with E-state index >= 15 is 0 Å². The molecule has 0 aromatic carbocycles. The smallest absolute Gasteiger partial charge is 0.276 e. The maximum absolute atomic E-state index is 12.7. The first-order valence-electron chi connectivity index (χ1n) is 7.37. The Morgan fingerprint density at radius 2 is 2.23 bits per heavy atom. The largest absolute Gasteiger partial charge is 0.442 e. The quantitative estimate of drug-likeness (QED) is 0.865. The number of nitrogens with zero attached hydrogens (tertiary/aromatic N) is 2. The lowest BCUT2D eigenvalue weighted by atomic mass is 9.99. The summed E-state index contributed by atoms with van der Waals surface area (Å²) in [5, 5.41) is 6.52. The summed E-state index contributed by atoms with van der Waals surface area (Å²) >= 11 is 0. The van der Waals surface area contributed by atoms with Crippen LogP contribution in [0.15, 0.2) is 33.9 Å². The molecule has 3 rings (SSSR count). The molecule has 7 nitrogen and oxygen atoms in total. The van der Waals surface area contributed by atoms with Crippen LogP contribution in [0.2, 0.25) is 0 Å². The van der Waals surface area contributed by atoms with Gasteiger partial charge in [-0.25, -0.2) is 8.42 Å². The van der Waals surface area contributed by atoms with E-state index in [9.17, 15) is 8.42 Å². The number of nitrogens with two attached hydrogens (primary N) is 1. The van der Waals surface area contributed by atoms with Gasteiger partial charge in [0.15, 0.2) is 5.76 Å². The third-order valence-electron chi connectivity index (χ3n) is 4.06. The third kappa shape index (κ3) is 2.69. The topological polar surface area (TPSA) is 105 Å². The van der Waals surface area contributed by atoms with Gasteiger partial charge in [-0.15, -0.1) is 0 Å². The minimum Gasteiger partial charge on any atom is -0.442 e. The van der Waals surface area contributed by atoms with Crippen molar-refractivity contribution in [1.82, 2.24) is 14.5 Å². The van der Waals surface area contributed by atoms with Gasteiger partial charge >= 0.3 is 0 Å². The van der Waals surface area contributed by atoms with Gasteiger partial charge in [-0.1, -0.05) is 13.3 Å². The summed E-state index contributed by atoms with van der Waals surface area (Å²) in [7, 11) is -3.64. The zero-order valence-corrected chi connectivity index (χ0v) is 13.2. The predicted molar refractivity (Wildman–Crippen MR) is 81.4 cm³/mol. The maximum atomic E-state index is 12.7.